The van der Waals surface area contributed by atoms with Gasteiger partial charge in [0, 0.05) is 35.4 Å². The Hall–Kier alpha value is -0.870. The summed E-state index contributed by atoms with van der Waals surface area (Å²) in [5.74, 6) is 1.62. The lowest BCUT2D eigenvalue weighted by Crippen LogP contribution is -2.23. The Labute approximate surface area is 112 Å². The quantitative estimate of drug-likeness (QED) is 0.788. The van der Waals surface area contributed by atoms with Gasteiger partial charge >= 0.3 is 0 Å². The standard InChI is InChI=1S/C14H23NO2S/c1-4-10-17-14-7-5-13(6-8-14)12(2)15-9-11-18(3)16/h5-8,12,15H,4,9-11H2,1-3H3. The first kappa shape index (κ1) is 15.2. The lowest BCUT2D eigenvalue weighted by Gasteiger charge is -2.14. The molecule has 0 spiro atoms. The van der Waals surface area contributed by atoms with E-state index in [9.17, 15) is 4.21 Å². The number of hydrogen-bond donors (Lipinski definition) is 1. The molecule has 2 atom stereocenters. The molecule has 0 bridgehead atoms. The predicted molar refractivity (Wildman–Crippen MR) is 77.6 cm³/mol. The smallest absolute Gasteiger partial charge is 0.119 e. The molecule has 1 aromatic carbocycles. The average molecular weight is 269 g/mol. The Kier molecular flexibility index (Phi) is 6.98. The maximum absolute atomic E-state index is 11.0. The molecule has 0 radical (unpaired) electrons. The third-order valence-electron chi connectivity index (χ3n) is 2.69. The van der Waals surface area contributed by atoms with Gasteiger partial charge in [-0.15, -0.1) is 0 Å². The normalized spacial score (nSPS) is 14.2. The topological polar surface area (TPSA) is 38.3 Å². The molecular weight excluding hydrogens is 246 g/mol. The summed E-state index contributed by atoms with van der Waals surface area (Å²) in [7, 11) is -0.728. The molecule has 1 rings (SSSR count). The van der Waals surface area contributed by atoms with Crippen LogP contribution in [-0.2, 0) is 10.8 Å². The van der Waals surface area contributed by atoms with Crippen molar-refractivity contribution < 1.29 is 8.95 Å². The zero-order chi connectivity index (χ0) is 13.4. The van der Waals surface area contributed by atoms with Gasteiger partial charge in [-0.1, -0.05) is 19.1 Å². The van der Waals surface area contributed by atoms with E-state index in [4.69, 9.17) is 4.74 Å². The van der Waals surface area contributed by atoms with Gasteiger partial charge < -0.3 is 10.1 Å². The molecule has 18 heavy (non-hydrogen) atoms. The molecule has 0 aliphatic rings. The highest BCUT2D eigenvalue weighted by molar-refractivity contribution is 7.84. The fraction of sp³-hybridized carbons (Fsp3) is 0.571. The Morgan fingerprint density at radius 1 is 1.33 bits per heavy atom. The van der Waals surface area contributed by atoms with Gasteiger partial charge in [-0.25, -0.2) is 0 Å². The second kappa shape index (κ2) is 8.27. The van der Waals surface area contributed by atoms with E-state index in [-0.39, 0.29) is 6.04 Å². The van der Waals surface area contributed by atoms with Crippen LogP contribution in [0.2, 0.25) is 0 Å². The van der Waals surface area contributed by atoms with Crippen molar-refractivity contribution in [1.82, 2.24) is 5.32 Å². The maximum Gasteiger partial charge on any atom is 0.119 e. The summed E-state index contributed by atoms with van der Waals surface area (Å²) in [5, 5.41) is 3.36. The van der Waals surface area contributed by atoms with Crippen molar-refractivity contribution in [1.29, 1.82) is 0 Å². The molecule has 0 saturated carbocycles. The third-order valence-corrected chi connectivity index (χ3v) is 3.47. The van der Waals surface area contributed by atoms with Crippen LogP contribution in [0.5, 0.6) is 5.75 Å². The molecule has 1 N–H and O–H groups in total. The Morgan fingerprint density at radius 2 is 2.00 bits per heavy atom. The van der Waals surface area contributed by atoms with E-state index in [1.807, 2.05) is 12.1 Å². The monoisotopic (exact) mass is 269 g/mol. The molecule has 1 aromatic rings. The minimum atomic E-state index is -0.728. The van der Waals surface area contributed by atoms with Crippen LogP contribution in [0, 0.1) is 0 Å². The summed E-state index contributed by atoms with van der Waals surface area (Å²) >= 11 is 0. The van der Waals surface area contributed by atoms with Crippen LogP contribution in [-0.4, -0.2) is 29.4 Å². The lowest BCUT2D eigenvalue weighted by molar-refractivity contribution is 0.317. The van der Waals surface area contributed by atoms with Crippen LogP contribution in [0.3, 0.4) is 0 Å². The molecule has 2 unspecified atom stereocenters. The van der Waals surface area contributed by atoms with E-state index in [1.54, 1.807) is 6.26 Å². The first-order valence-electron chi connectivity index (χ1n) is 6.39. The average Bonchev–Trinajstić information content (AvgIpc) is 2.36. The van der Waals surface area contributed by atoms with E-state index in [2.05, 4.69) is 31.3 Å². The first-order chi connectivity index (χ1) is 8.63. The van der Waals surface area contributed by atoms with Crippen molar-refractivity contribution in [2.24, 2.45) is 0 Å². The van der Waals surface area contributed by atoms with E-state index >= 15 is 0 Å². The van der Waals surface area contributed by atoms with Crippen molar-refractivity contribution >= 4 is 10.8 Å². The van der Waals surface area contributed by atoms with Gasteiger partial charge in [-0.3, -0.25) is 4.21 Å². The summed E-state index contributed by atoms with van der Waals surface area (Å²) in [6.07, 6.45) is 2.75. The fourth-order valence-electron chi connectivity index (χ4n) is 1.61. The van der Waals surface area contributed by atoms with E-state index < -0.39 is 10.8 Å². The molecule has 0 aliphatic heterocycles. The molecule has 0 amide bonds. The highest BCUT2D eigenvalue weighted by Gasteiger charge is 2.04. The zero-order valence-electron chi connectivity index (χ0n) is 11.4. The third kappa shape index (κ3) is 5.65. The van der Waals surface area contributed by atoms with Crippen LogP contribution in [0.1, 0.15) is 31.9 Å². The molecule has 0 fully saturated rings. The highest BCUT2D eigenvalue weighted by Crippen LogP contribution is 2.17. The Bertz CT molecular complexity index is 365. The molecule has 4 heteroatoms. The van der Waals surface area contributed by atoms with Crippen LogP contribution < -0.4 is 10.1 Å². The number of hydrogen-bond acceptors (Lipinski definition) is 3. The Morgan fingerprint density at radius 3 is 2.56 bits per heavy atom. The summed E-state index contributed by atoms with van der Waals surface area (Å²) in [4.78, 5) is 0. The van der Waals surface area contributed by atoms with Gasteiger partial charge in [-0.05, 0) is 31.0 Å². The van der Waals surface area contributed by atoms with Crippen molar-refractivity contribution in [3.8, 4) is 5.75 Å². The molecule has 0 heterocycles. The second-order valence-corrected chi connectivity index (χ2v) is 5.93. The molecule has 0 aliphatic carbocycles. The summed E-state index contributed by atoms with van der Waals surface area (Å²) in [5.41, 5.74) is 1.22. The SMILES string of the molecule is CCCOc1ccc(C(C)NCCS(C)=O)cc1. The number of benzene rings is 1. The predicted octanol–water partition coefficient (Wildman–Crippen LogP) is 2.50. The van der Waals surface area contributed by atoms with Crippen molar-refractivity contribution in [3.05, 3.63) is 29.8 Å². The molecule has 102 valence electrons. The number of ether oxygens (including phenoxy) is 1. The van der Waals surface area contributed by atoms with Crippen LogP contribution in [0.25, 0.3) is 0 Å². The summed E-state index contributed by atoms with van der Waals surface area (Å²) in [6.45, 7) is 5.74. The van der Waals surface area contributed by atoms with Crippen LogP contribution >= 0.6 is 0 Å². The minimum absolute atomic E-state index is 0.272. The molecule has 0 saturated heterocycles. The van der Waals surface area contributed by atoms with Crippen molar-refractivity contribution in [2.45, 2.75) is 26.3 Å². The van der Waals surface area contributed by atoms with Gasteiger partial charge in [0.2, 0.25) is 0 Å². The van der Waals surface area contributed by atoms with E-state index in [0.29, 0.717) is 5.75 Å². The Balaban J connectivity index is 2.43. The number of rotatable bonds is 8. The van der Waals surface area contributed by atoms with Crippen LogP contribution in [0.4, 0.5) is 0 Å². The highest BCUT2D eigenvalue weighted by atomic mass is 32.2. The van der Waals surface area contributed by atoms with Gasteiger partial charge in [-0.2, -0.15) is 0 Å². The van der Waals surface area contributed by atoms with Crippen LogP contribution in [0.15, 0.2) is 24.3 Å². The first-order valence-corrected chi connectivity index (χ1v) is 8.12. The van der Waals surface area contributed by atoms with E-state index in [1.165, 1.54) is 5.56 Å². The summed E-state index contributed by atoms with van der Waals surface area (Å²) < 4.78 is 16.5. The minimum Gasteiger partial charge on any atom is -0.494 e. The molecular formula is C14H23NO2S. The van der Waals surface area contributed by atoms with Gasteiger partial charge in [0.25, 0.3) is 0 Å². The molecule has 3 nitrogen and oxygen atoms in total. The fourth-order valence-corrected chi connectivity index (χ4v) is 2.01. The second-order valence-electron chi connectivity index (χ2n) is 4.37. The zero-order valence-corrected chi connectivity index (χ0v) is 12.3. The van der Waals surface area contributed by atoms with Gasteiger partial charge in [0.1, 0.15) is 5.75 Å². The van der Waals surface area contributed by atoms with Gasteiger partial charge in [0.15, 0.2) is 0 Å². The maximum atomic E-state index is 11.0. The van der Waals surface area contributed by atoms with Crippen molar-refractivity contribution in [3.63, 3.8) is 0 Å². The van der Waals surface area contributed by atoms with Gasteiger partial charge in [0.05, 0.1) is 6.61 Å². The lowest BCUT2D eigenvalue weighted by atomic mass is 10.1. The summed E-state index contributed by atoms with van der Waals surface area (Å²) in [6, 6.07) is 8.42. The molecule has 0 aromatic heterocycles. The number of nitrogens with one attached hydrogen (secondary N) is 1. The largest absolute Gasteiger partial charge is 0.494 e. The van der Waals surface area contributed by atoms with E-state index in [0.717, 1.165) is 25.3 Å². The van der Waals surface area contributed by atoms with Crippen molar-refractivity contribution in [2.75, 3.05) is 25.2 Å².